The lowest BCUT2D eigenvalue weighted by Crippen LogP contribution is -2.43. The van der Waals surface area contributed by atoms with Crippen LogP contribution in [0.1, 0.15) is 12.8 Å². The first-order valence-corrected chi connectivity index (χ1v) is 6.55. The van der Waals surface area contributed by atoms with Gasteiger partial charge in [-0.05, 0) is 12.1 Å². The van der Waals surface area contributed by atoms with Crippen molar-refractivity contribution in [2.45, 2.75) is 19.0 Å². The van der Waals surface area contributed by atoms with Crippen molar-refractivity contribution in [2.24, 2.45) is 5.10 Å². The summed E-state index contributed by atoms with van der Waals surface area (Å²) < 4.78 is 37.0. The van der Waals surface area contributed by atoms with Crippen LogP contribution in [0.2, 0.25) is 0 Å². The quantitative estimate of drug-likeness (QED) is 0.859. The maximum Gasteiger partial charge on any atom is 0.406 e. The lowest BCUT2D eigenvalue weighted by molar-refractivity contribution is -0.154. The van der Waals surface area contributed by atoms with Gasteiger partial charge in [-0.1, -0.05) is 18.2 Å². The Morgan fingerprint density at radius 2 is 1.91 bits per heavy atom. The lowest BCUT2D eigenvalue weighted by Gasteiger charge is -2.25. The topological polar surface area (TPSA) is 53.0 Å². The summed E-state index contributed by atoms with van der Waals surface area (Å²) in [4.78, 5) is 24.4. The molecule has 0 aliphatic carbocycles. The lowest BCUT2D eigenvalue weighted by atomic mass is 10.1. The molecule has 8 heteroatoms. The number of alkyl halides is 3. The SMILES string of the molecule is CN(CC(F)(F)F)C(=O)C1=NN(c2ccccc2)C(=O)CC1. The second-order valence-electron chi connectivity index (χ2n) is 4.86. The van der Waals surface area contributed by atoms with E-state index in [1.165, 1.54) is 0 Å². The van der Waals surface area contributed by atoms with Gasteiger partial charge < -0.3 is 4.90 Å². The van der Waals surface area contributed by atoms with Crippen molar-refractivity contribution in [3.63, 3.8) is 0 Å². The normalized spacial score (nSPS) is 15.5. The van der Waals surface area contributed by atoms with Gasteiger partial charge in [0.05, 0.1) is 5.69 Å². The largest absolute Gasteiger partial charge is 0.406 e. The molecule has 2 amide bonds. The van der Waals surface area contributed by atoms with Crippen molar-refractivity contribution in [3.8, 4) is 0 Å². The van der Waals surface area contributed by atoms with Gasteiger partial charge in [0.25, 0.3) is 5.91 Å². The third-order valence-electron chi connectivity index (χ3n) is 3.04. The minimum atomic E-state index is -4.48. The molecule has 22 heavy (non-hydrogen) atoms. The third-order valence-corrected chi connectivity index (χ3v) is 3.04. The van der Waals surface area contributed by atoms with Crippen LogP contribution >= 0.6 is 0 Å². The van der Waals surface area contributed by atoms with Gasteiger partial charge in [-0.15, -0.1) is 0 Å². The van der Waals surface area contributed by atoms with Gasteiger partial charge in [-0.25, -0.2) is 5.01 Å². The Balaban J connectivity index is 2.20. The molecular weight excluding hydrogens is 299 g/mol. The number of hydrogen-bond donors (Lipinski definition) is 0. The molecule has 118 valence electrons. The van der Waals surface area contributed by atoms with Crippen LogP contribution in [0.4, 0.5) is 18.9 Å². The summed E-state index contributed by atoms with van der Waals surface area (Å²) in [7, 11) is 1.06. The Morgan fingerprint density at radius 1 is 1.27 bits per heavy atom. The maximum atomic E-state index is 12.3. The highest BCUT2D eigenvalue weighted by molar-refractivity contribution is 6.40. The molecule has 0 radical (unpaired) electrons. The molecule has 1 aliphatic rings. The average Bonchev–Trinajstić information content (AvgIpc) is 2.46. The highest BCUT2D eigenvalue weighted by atomic mass is 19.4. The number of nitrogens with zero attached hydrogens (tertiary/aromatic N) is 3. The second-order valence-corrected chi connectivity index (χ2v) is 4.86. The van der Waals surface area contributed by atoms with Crippen LogP contribution in [0.25, 0.3) is 0 Å². The molecule has 1 aromatic carbocycles. The molecule has 0 atom stereocenters. The molecule has 2 rings (SSSR count). The molecule has 0 fully saturated rings. The fourth-order valence-electron chi connectivity index (χ4n) is 2.04. The van der Waals surface area contributed by atoms with Crippen molar-refractivity contribution in [1.82, 2.24) is 4.90 Å². The van der Waals surface area contributed by atoms with Crippen molar-refractivity contribution in [1.29, 1.82) is 0 Å². The van der Waals surface area contributed by atoms with E-state index in [0.29, 0.717) is 10.6 Å². The first-order chi connectivity index (χ1) is 10.3. The van der Waals surface area contributed by atoms with Crippen molar-refractivity contribution in [3.05, 3.63) is 30.3 Å². The van der Waals surface area contributed by atoms with Crippen LogP contribution in [0.5, 0.6) is 0 Å². The highest BCUT2D eigenvalue weighted by Gasteiger charge is 2.34. The summed E-state index contributed by atoms with van der Waals surface area (Å²) in [6.45, 7) is -1.36. The number of hydrazone groups is 1. The van der Waals surface area contributed by atoms with E-state index >= 15 is 0 Å². The summed E-state index contributed by atoms with van der Waals surface area (Å²) >= 11 is 0. The summed E-state index contributed by atoms with van der Waals surface area (Å²) in [5.41, 5.74) is 0.408. The summed E-state index contributed by atoms with van der Waals surface area (Å²) in [5, 5.41) is 4.98. The van der Waals surface area contributed by atoms with E-state index in [-0.39, 0.29) is 24.5 Å². The molecule has 0 spiro atoms. The number of benzene rings is 1. The van der Waals surface area contributed by atoms with Crippen LogP contribution in [0.3, 0.4) is 0 Å². The van der Waals surface area contributed by atoms with Crippen molar-refractivity contribution < 1.29 is 22.8 Å². The molecule has 1 heterocycles. The molecular formula is C14H14F3N3O2. The van der Waals surface area contributed by atoms with Gasteiger partial charge in [-0.2, -0.15) is 18.3 Å². The minimum Gasteiger partial charge on any atom is -0.331 e. The van der Waals surface area contributed by atoms with Crippen LogP contribution < -0.4 is 5.01 Å². The number of halogens is 3. The number of rotatable bonds is 3. The standard InChI is InChI=1S/C14H14F3N3O2/c1-19(9-14(15,16)17)13(22)11-7-8-12(21)20(18-11)10-5-3-2-4-6-10/h2-6H,7-9H2,1H3. The van der Waals surface area contributed by atoms with Gasteiger partial charge in [0, 0.05) is 19.9 Å². The van der Waals surface area contributed by atoms with Crippen LogP contribution in [-0.2, 0) is 9.59 Å². The molecule has 0 saturated carbocycles. The van der Waals surface area contributed by atoms with Gasteiger partial charge in [0.2, 0.25) is 5.91 Å². The molecule has 0 saturated heterocycles. The Hall–Kier alpha value is -2.38. The minimum absolute atomic E-state index is 0.0271. The predicted molar refractivity (Wildman–Crippen MR) is 74.3 cm³/mol. The monoisotopic (exact) mass is 313 g/mol. The Labute approximate surface area is 125 Å². The Kier molecular flexibility index (Phi) is 4.48. The van der Waals surface area contributed by atoms with Gasteiger partial charge in [0.1, 0.15) is 12.3 Å². The summed E-state index contributed by atoms with van der Waals surface area (Å²) in [6, 6.07) is 8.42. The van der Waals surface area contributed by atoms with E-state index in [0.717, 1.165) is 12.1 Å². The zero-order valence-corrected chi connectivity index (χ0v) is 11.8. The predicted octanol–water partition coefficient (Wildman–Crippen LogP) is 2.19. The molecule has 0 bridgehead atoms. The average molecular weight is 313 g/mol. The summed E-state index contributed by atoms with van der Waals surface area (Å²) in [6.07, 6.45) is -4.42. The van der Waals surface area contributed by atoms with E-state index in [9.17, 15) is 22.8 Å². The smallest absolute Gasteiger partial charge is 0.331 e. The zero-order valence-electron chi connectivity index (χ0n) is 11.8. The van der Waals surface area contributed by atoms with Crippen molar-refractivity contribution >= 4 is 23.2 Å². The molecule has 0 unspecified atom stereocenters. The number of anilines is 1. The van der Waals surface area contributed by atoms with E-state index in [4.69, 9.17) is 0 Å². The number of hydrogen-bond acceptors (Lipinski definition) is 3. The van der Waals surface area contributed by atoms with Gasteiger partial charge in [0.15, 0.2) is 0 Å². The van der Waals surface area contributed by atoms with Crippen molar-refractivity contribution in [2.75, 3.05) is 18.6 Å². The number of carbonyl (C=O) groups excluding carboxylic acids is 2. The molecule has 0 N–H and O–H groups in total. The Morgan fingerprint density at radius 3 is 2.50 bits per heavy atom. The molecule has 0 aromatic heterocycles. The van der Waals surface area contributed by atoms with E-state index in [1.807, 2.05) is 0 Å². The summed E-state index contributed by atoms with van der Waals surface area (Å²) in [5.74, 6) is -1.13. The fourth-order valence-corrected chi connectivity index (χ4v) is 2.04. The van der Waals surface area contributed by atoms with Gasteiger partial charge >= 0.3 is 6.18 Å². The first kappa shape index (κ1) is 16.0. The van der Waals surface area contributed by atoms with Crippen LogP contribution in [-0.4, -0.2) is 42.2 Å². The van der Waals surface area contributed by atoms with E-state index in [1.54, 1.807) is 30.3 Å². The second kappa shape index (κ2) is 6.17. The van der Waals surface area contributed by atoms with Gasteiger partial charge in [-0.3, -0.25) is 9.59 Å². The van der Waals surface area contributed by atoms with Crippen LogP contribution in [0.15, 0.2) is 35.4 Å². The molecule has 5 nitrogen and oxygen atoms in total. The fraction of sp³-hybridized carbons (Fsp3) is 0.357. The first-order valence-electron chi connectivity index (χ1n) is 6.55. The zero-order chi connectivity index (χ0) is 16.3. The highest BCUT2D eigenvalue weighted by Crippen LogP contribution is 2.21. The number of amides is 2. The Bertz CT molecular complexity index is 599. The van der Waals surface area contributed by atoms with E-state index in [2.05, 4.69) is 5.10 Å². The van der Waals surface area contributed by atoms with Crippen LogP contribution in [0, 0.1) is 0 Å². The molecule has 1 aliphatic heterocycles. The van der Waals surface area contributed by atoms with E-state index < -0.39 is 18.6 Å². The maximum absolute atomic E-state index is 12.3. The molecule has 1 aromatic rings. The number of para-hydroxylation sites is 1. The third kappa shape index (κ3) is 3.84. The number of carbonyl (C=O) groups is 2.